The van der Waals surface area contributed by atoms with Crippen LogP contribution in [0.2, 0.25) is 0 Å². The first-order chi connectivity index (χ1) is 16.3. The van der Waals surface area contributed by atoms with Gasteiger partial charge < -0.3 is 0 Å². The Morgan fingerprint density at radius 3 is 2.47 bits per heavy atom. The van der Waals surface area contributed by atoms with Gasteiger partial charge in [0.2, 0.25) is 0 Å². The maximum Gasteiger partial charge on any atom is 0.416 e. The number of rotatable bonds is 4. The van der Waals surface area contributed by atoms with E-state index in [2.05, 4.69) is 45.9 Å². The number of aryl methyl sites for hydroxylation is 1. The Balaban J connectivity index is 1.31. The van der Waals surface area contributed by atoms with Crippen LogP contribution >= 0.6 is 0 Å². The van der Waals surface area contributed by atoms with Crippen molar-refractivity contribution in [2.24, 2.45) is 0 Å². The first-order valence-electron chi connectivity index (χ1n) is 11.1. The molecule has 174 valence electrons. The minimum Gasteiger partial charge on any atom is -0.294 e. The molecule has 5 rings (SSSR count). The highest BCUT2D eigenvalue weighted by Gasteiger charge is 2.30. The van der Waals surface area contributed by atoms with Crippen molar-refractivity contribution < 1.29 is 13.2 Å². The summed E-state index contributed by atoms with van der Waals surface area (Å²) in [6, 6.07) is 13.2. The lowest BCUT2D eigenvalue weighted by Gasteiger charge is -2.28. The number of alkyl halides is 3. The summed E-state index contributed by atoms with van der Waals surface area (Å²) in [6.07, 6.45) is 0.135. The molecule has 2 aromatic heterocycles. The van der Waals surface area contributed by atoms with E-state index in [-0.39, 0.29) is 0 Å². The van der Waals surface area contributed by atoms with Crippen LogP contribution in [0.5, 0.6) is 0 Å². The number of hydrogen-bond acceptors (Lipinski definition) is 4. The molecular formula is C26H24F3N5. The van der Waals surface area contributed by atoms with E-state index < -0.39 is 11.7 Å². The Bertz CT molecular complexity index is 1330. The molecule has 2 aromatic carbocycles. The van der Waals surface area contributed by atoms with Crippen LogP contribution in [0, 0.1) is 13.8 Å². The van der Waals surface area contributed by atoms with Gasteiger partial charge in [0.25, 0.3) is 0 Å². The SMILES string of the molecule is Cc1ccccc1-n1ncc(CN2CCc3nc(-c4ccc(C(F)(F)F)cc4)ncc3C2)c1C. The van der Waals surface area contributed by atoms with E-state index in [0.717, 1.165) is 60.8 Å². The zero-order valence-electron chi connectivity index (χ0n) is 19.0. The molecule has 3 heterocycles. The van der Waals surface area contributed by atoms with Crippen molar-refractivity contribution in [1.29, 1.82) is 0 Å². The molecule has 0 saturated carbocycles. The van der Waals surface area contributed by atoms with Gasteiger partial charge in [0.05, 0.1) is 23.1 Å². The van der Waals surface area contributed by atoms with Crippen LogP contribution in [0.4, 0.5) is 13.2 Å². The van der Waals surface area contributed by atoms with Crippen LogP contribution in [-0.4, -0.2) is 31.2 Å². The lowest BCUT2D eigenvalue weighted by atomic mass is 10.1. The lowest BCUT2D eigenvalue weighted by Crippen LogP contribution is -2.31. The summed E-state index contributed by atoms with van der Waals surface area (Å²) in [6.45, 7) is 6.50. The van der Waals surface area contributed by atoms with Crippen molar-refractivity contribution >= 4 is 0 Å². The van der Waals surface area contributed by atoms with E-state index >= 15 is 0 Å². The fourth-order valence-corrected chi connectivity index (χ4v) is 4.34. The smallest absolute Gasteiger partial charge is 0.294 e. The van der Waals surface area contributed by atoms with Gasteiger partial charge in [0, 0.05) is 54.6 Å². The minimum absolute atomic E-state index is 0.455. The lowest BCUT2D eigenvalue weighted by molar-refractivity contribution is -0.137. The van der Waals surface area contributed by atoms with Crippen LogP contribution in [0.25, 0.3) is 17.1 Å². The highest BCUT2D eigenvalue weighted by atomic mass is 19.4. The fourth-order valence-electron chi connectivity index (χ4n) is 4.34. The Morgan fingerprint density at radius 1 is 0.971 bits per heavy atom. The highest BCUT2D eigenvalue weighted by Crippen LogP contribution is 2.31. The summed E-state index contributed by atoms with van der Waals surface area (Å²) in [5, 5.41) is 4.62. The van der Waals surface area contributed by atoms with Crippen LogP contribution < -0.4 is 0 Å². The molecule has 0 N–H and O–H groups in total. The average Bonchev–Trinajstić information content (AvgIpc) is 3.18. The van der Waals surface area contributed by atoms with Gasteiger partial charge in [-0.3, -0.25) is 4.90 Å². The Morgan fingerprint density at radius 2 is 1.74 bits per heavy atom. The van der Waals surface area contributed by atoms with Gasteiger partial charge in [0.15, 0.2) is 5.82 Å². The molecule has 4 aromatic rings. The van der Waals surface area contributed by atoms with Gasteiger partial charge in [-0.1, -0.05) is 30.3 Å². The fraction of sp³-hybridized carbons (Fsp3) is 0.269. The average molecular weight is 464 g/mol. The zero-order chi connectivity index (χ0) is 23.9. The molecule has 0 atom stereocenters. The maximum atomic E-state index is 12.8. The van der Waals surface area contributed by atoms with Crippen molar-refractivity contribution in [1.82, 2.24) is 24.6 Å². The molecule has 34 heavy (non-hydrogen) atoms. The second kappa shape index (κ2) is 8.68. The van der Waals surface area contributed by atoms with Crippen molar-refractivity contribution in [3.8, 4) is 17.1 Å². The molecule has 8 heteroatoms. The third kappa shape index (κ3) is 4.33. The van der Waals surface area contributed by atoms with Gasteiger partial charge in [-0.05, 0) is 37.6 Å². The minimum atomic E-state index is -4.35. The normalized spacial score (nSPS) is 14.3. The molecule has 0 bridgehead atoms. The van der Waals surface area contributed by atoms with Crippen LogP contribution in [-0.2, 0) is 25.7 Å². The van der Waals surface area contributed by atoms with E-state index in [9.17, 15) is 13.2 Å². The van der Waals surface area contributed by atoms with Crippen molar-refractivity contribution in [2.45, 2.75) is 39.5 Å². The molecule has 0 fully saturated rings. The molecule has 1 aliphatic rings. The van der Waals surface area contributed by atoms with Crippen molar-refractivity contribution in [2.75, 3.05) is 6.54 Å². The van der Waals surface area contributed by atoms with Crippen LogP contribution in [0.3, 0.4) is 0 Å². The first-order valence-corrected chi connectivity index (χ1v) is 11.1. The topological polar surface area (TPSA) is 46.8 Å². The van der Waals surface area contributed by atoms with Gasteiger partial charge in [0.1, 0.15) is 0 Å². The molecule has 1 aliphatic heterocycles. The highest BCUT2D eigenvalue weighted by molar-refractivity contribution is 5.56. The zero-order valence-corrected chi connectivity index (χ0v) is 19.0. The largest absolute Gasteiger partial charge is 0.416 e. The molecule has 0 unspecified atom stereocenters. The number of para-hydroxylation sites is 1. The van der Waals surface area contributed by atoms with Crippen LogP contribution in [0.1, 0.15) is 33.6 Å². The summed E-state index contributed by atoms with van der Waals surface area (Å²) < 4.78 is 40.5. The second-order valence-corrected chi connectivity index (χ2v) is 8.65. The molecule has 0 spiro atoms. The molecule has 0 amide bonds. The summed E-state index contributed by atoms with van der Waals surface area (Å²) in [5.74, 6) is 0.455. The maximum absolute atomic E-state index is 12.8. The number of benzene rings is 2. The molecule has 5 nitrogen and oxygen atoms in total. The Kier molecular flexibility index (Phi) is 5.69. The van der Waals surface area contributed by atoms with Gasteiger partial charge in [-0.15, -0.1) is 0 Å². The predicted molar refractivity (Wildman–Crippen MR) is 123 cm³/mol. The number of fused-ring (bicyclic) bond motifs is 1. The van der Waals surface area contributed by atoms with Gasteiger partial charge >= 0.3 is 6.18 Å². The molecule has 0 saturated heterocycles. The first kappa shape index (κ1) is 22.3. The molecule has 0 aliphatic carbocycles. The van der Waals surface area contributed by atoms with Gasteiger partial charge in [-0.25, -0.2) is 14.6 Å². The van der Waals surface area contributed by atoms with E-state index in [1.54, 1.807) is 6.20 Å². The Labute approximate surface area is 195 Å². The van der Waals surface area contributed by atoms with Gasteiger partial charge in [-0.2, -0.15) is 18.3 Å². The summed E-state index contributed by atoms with van der Waals surface area (Å²) in [5.41, 5.74) is 6.46. The van der Waals surface area contributed by atoms with E-state index in [0.29, 0.717) is 11.4 Å². The standard InChI is InChI=1S/C26H24F3N5/c1-17-5-3-4-6-24(17)34-18(2)20(14-31-34)15-33-12-11-23-21(16-33)13-30-25(32-23)19-7-9-22(10-8-19)26(27,28)29/h3-10,13-14H,11-12,15-16H2,1-2H3. The molecule has 0 radical (unpaired) electrons. The van der Waals surface area contributed by atoms with E-state index in [4.69, 9.17) is 0 Å². The summed E-state index contributed by atoms with van der Waals surface area (Å²) in [7, 11) is 0. The number of aromatic nitrogens is 4. The van der Waals surface area contributed by atoms with E-state index in [1.165, 1.54) is 23.3 Å². The second-order valence-electron chi connectivity index (χ2n) is 8.65. The molecular weight excluding hydrogens is 439 g/mol. The number of nitrogens with zero attached hydrogens (tertiary/aromatic N) is 5. The summed E-state index contributed by atoms with van der Waals surface area (Å²) in [4.78, 5) is 11.4. The third-order valence-corrected chi connectivity index (χ3v) is 6.33. The quantitative estimate of drug-likeness (QED) is 0.400. The van der Waals surface area contributed by atoms with Crippen molar-refractivity contribution in [3.63, 3.8) is 0 Å². The predicted octanol–water partition coefficient (Wildman–Crippen LogP) is 5.52. The van der Waals surface area contributed by atoms with Crippen molar-refractivity contribution in [3.05, 3.63) is 94.6 Å². The monoisotopic (exact) mass is 463 g/mol. The third-order valence-electron chi connectivity index (χ3n) is 6.33. The Hall–Kier alpha value is -3.52. The number of hydrogen-bond donors (Lipinski definition) is 0. The summed E-state index contributed by atoms with van der Waals surface area (Å²) >= 11 is 0. The van der Waals surface area contributed by atoms with Crippen LogP contribution in [0.15, 0.2) is 60.9 Å². The van der Waals surface area contributed by atoms with E-state index in [1.807, 2.05) is 23.0 Å². The number of halogens is 3.